The summed E-state index contributed by atoms with van der Waals surface area (Å²) in [5, 5.41) is 7.37. The Hall–Kier alpha value is -3.78. The Balaban J connectivity index is 1.28. The second-order valence-corrected chi connectivity index (χ2v) is 8.61. The standard InChI is InChI=1S/C25H24N6O2/c1-16-24(33-16)30(15-19-5-2-3-14-26-19)20-12-10-17(11-13-20)21-6-4-7-22-27-25(29-31(21)22)28-23(32)18-8-9-18/h2-7,10-14,16,18,24H,8-9,15H2,1H3,(H,28,29,32). The summed E-state index contributed by atoms with van der Waals surface area (Å²) >= 11 is 0. The number of ether oxygens (including phenoxy) is 1. The first-order chi connectivity index (χ1) is 16.2. The van der Waals surface area contributed by atoms with Crippen LogP contribution >= 0.6 is 0 Å². The Labute approximate surface area is 191 Å². The van der Waals surface area contributed by atoms with Crippen LogP contribution in [0.3, 0.4) is 0 Å². The molecule has 6 rings (SSSR count). The zero-order valence-corrected chi connectivity index (χ0v) is 18.3. The van der Waals surface area contributed by atoms with E-state index in [2.05, 4.69) is 56.5 Å². The monoisotopic (exact) mass is 440 g/mol. The van der Waals surface area contributed by atoms with Crippen molar-refractivity contribution in [2.24, 2.45) is 5.92 Å². The molecule has 2 aliphatic rings. The molecule has 4 heterocycles. The summed E-state index contributed by atoms with van der Waals surface area (Å²) in [5.74, 6) is 0.453. The molecule has 1 N–H and O–H groups in total. The van der Waals surface area contributed by atoms with Crippen LogP contribution in [0.5, 0.6) is 0 Å². The van der Waals surface area contributed by atoms with Gasteiger partial charge in [-0.1, -0.05) is 24.3 Å². The first-order valence-electron chi connectivity index (χ1n) is 11.2. The summed E-state index contributed by atoms with van der Waals surface area (Å²) in [6, 6.07) is 20.1. The van der Waals surface area contributed by atoms with Gasteiger partial charge < -0.3 is 9.64 Å². The largest absolute Gasteiger partial charge is 0.348 e. The third kappa shape index (κ3) is 4.05. The molecule has 1 amide bonds. The first-order valence-corrected chi connectivity index (χ1v) is 11.2. The molecule has 0 bridgehead atoms. The highest BCUT2D eigenvalue weighted by Gasteiger charge is 2.40. The molecule has 2 atom stereocenters. The van der Waals surface area contributed by atoms with Crippen LogP contribution in [0, 0.1) is 5.92 Å². The molecule has 1 saturated heterocycles. The van der Waals surface area contributed by atoms with E-state index >= 15 is 0 Å². The van der Waals surface area contributed by atoms with E-state index in [1.54, 1.807) is 4.52 Å². The normalized spacial score (nSPS) is 19.4. The highest BCUT2D eigenvalue weighted by Crippen LogP contribution is 2.33. The topological polar surface area (TPSA) is 88.0 Å². The summed E-state index contributed by atoms with van der Waals surface area (Å²) in [6.07, 6.45) is 3.95. The Bertz CT molecular complexity index is 1300. The minimum absolute atomic E-state index is 0.00123. The van der Waals surface area contributed by atoms with Gasteiger partial charge in [0.1, 0.15) is 6.10 Å². The third-order valence-electron chi connectivity index (χ3n) is 6.08. The minimum atomic E-state index is 0.00123. The van der Waals surface area contributed by atoms with Gasteiger partial charge in [0.05, 0.1) is 17.9 Å². The first kappa shape index (κ1) is 19.9. The number of nitrogens with zero attached hydrogens (tertiary/aromatic N) is 5. The van der Waals surface area contributed by atoms with Gasteiger partial charge in [-0.15, -0.1) is 5.10 Å². The molecule has 2 unspecified atom stereocenters. The van der Waals surface area contributed by atoms with Crippen LogP contribution < -0.4 is 10.2 Å². The van der Waals surface area contributed by atoms with Crippen LogP contribution in [0.15, 0.2) is 66.9 Å². The van der Waals surface area contributed by atoms with E-state index in [0.29, 0.717) is 18.1 Å². The molecule has 166 valence electrons. The van der Waals surface area contributed by atoms with Gasteiger partial charge in [-0.2, -0.15) is 4.98 Å². The van der Waals surface area contributed by atoms with Gasteiger partial charge in [0.15, 0.2) is 11.9 Å². The Morgan fingerprint density at radius 1 is 1.12 bits per heavy atom. The van der Waals surface area contributed by atoms with Crippen LogP contribution in [0.1, 0.15) is 25.5 Å². The molecule has 1 aliphatic carbocycles. The number of hydrogen-bond donors (Lipinski definition) is 1. The highest BCUT2D eigenvalue weighted by molar-refractivity contribution is 5.92. The lowest BCUT2D eigenvalue weighted by atomic mass is 10.1. The number of amides is 1. The average Bonchev–Trinajstić information content (AvgIpc) is 3.76. The quantitative estimate of drug-likeness (QED) is 0.439. The Kier molecular flexibility index (Phi) is 4.80. The van der Waals surface area contributed by atoms with Crippen molar-refractivity contribution in [3.8, 4) is 11.3 Å². The molecule has 33 heavy (non-hydrogen) atoms. The second kappa shape index (κ2) is 7.97. The van der Waals surface area contributed by atoms with Gasteiger partial charge in [-0.3, -0.25) is 15.1 Å². The van der Waals surface area contributed by atoms with E-state index in [1.165, 1.54) is 0 Å². The maximum atomic E-state index is 12.1. The summed E-state index contributed by atoms with van der Waals surface area (Å²) < 4.78 is 7.55. The number of hydrogen-bond acceptors (Lipinski definition) is 6. The number of rotatable bonds is 7. The van der Waals surface area contributed by atoms with Crippen LogP contribution in [0.2, 0.25) is 0 Å². The molecule has 0 spiro atoms. The fourth-order valence-electron chi connectivity index (χ4n) is 4.05. The predicted molar refractivity (Wildman–Crippen MR) is 125 cm³/mol. The van der Waals surface area contributed by atoms with Gasteiger partial charge in [0.2, 0.25) is 11.9 Å². The van der Waals surface area contributed by atoms with Crippen LogP contribution in [-0.2, 0) is 16.1 Å². The van der Waals surface area contributed by atoms with Gasteiger partial charge in [0, 0.05) is 23.4 Å². The fourth-order valence-corrected chi connectivity index (χ4v) is 4.05. The molecule has 3 aromatic heterocycles. The van der Waals surface area contributed by atoms with Crippen molar-refractivity contribution >= 4 is 23.2 Å². The van der Waals surface area contributed by atoms with E-state index in [1.807, 2.05) is 42.6 Å². The minimum Gasteiger partial charge on any atom is -0.348 e. The Morgan fingerprint density at radius 2 is 1.94 bits per heavy atom. The number of fused-ring (bicyclic) bond motifs is 1. The number of carbonyl (C=O) groups excluding carboxylic acids is 1. The van der Waals surface area contributed by atoms with Crippen molar-refractivity contribution in [1.82, 2.24) is 19.6 Å². The molecule has 0 radical (unpaired) electrons. The predicted octanol–water partition coefficient (Wildman–Crippen LogP) is 3.89. The molecular weight excluding hydrogens is 416 g/mol. The molecular formula is C25H24N6O2. The number of benzene rings is 1. The van der Waals surface area contributed by atoms with Crippen molar-refractivity contribution in [1.29, 1.82) is 0 Å². The average molecular weight is 441 g/mol. The number of epoxide rings is 1. The third-order valence-corrected chi connectivity index (χ3v) is 6.08. The lowest BCUT2D eigenvalue weighted by molar-refractivity contribution is -0.117. The van der Waals surface area contributed by atoms with Gasteiger partial charge in [-0.25, -0.2) is 4.52 Å². The smallest absolute Gasteiger partial charge is 0.249 e. The molecule has 1 aliphatic heterocycles. The summed E-state index contributed by atoms with van der Waals surface area (Å²) in [6.45, 7) is 2.76. The number of pyridine rings is 2. The van der Waals surface area contributed by atoms with E-state index in [-0.39, 0.29) is 24.2 Å². The molecule has 8 nitrogen and oxygen atoms in total. The summed E-state index contributed by atoms with van der Waals surface area (Å²) in [4.78, 5) is 23.3. The lowest BCUT2D eigenvalue weighted by Crippen LogP contribution is -2.27. The molecule has 2 fully saturated rings. The van der Waals surface area contributed by atoms with Crippen LogP contribution in [-0.4, -0.2) is 37.8 Å². The SMILES string of the molecule is CC1OC1N(Cc1ccccn1)c1ccc(-c2cccc3nc(NC(=O)C4CC4)nn23)cc1. The van der Waals surface area contributed by atoms with Crippen molar-refractivity contribution < 1.29 is 9.53 Å². The van der Waals surface area contributed by atoms with Crippen molar-refractivity contribution in [3.63, 3.8) is 0 Å². The summed E-state index contributed by atoms with van der Waals surface area (Å²) in [5.41, 5.74) is 4.68. The van der Waals surface area contributed by atoms with E-state index in [9.17, 15) is 4.79 Å². The summed E-state index contributed by atoms with van der Waals surface area (Å²) in [7, 11) is 0. The fraction of sp³-hybridized carbons (Fsp3) is 0.280. The number of carbonyl (C=O) groups is 1. The number of anilines is 2. The van der Waals surface area contributed by atoms with Gasteiger partial charge in [-0.05, 0) is 56.2 Å². The van der Waals surface area contributed by atoms with Crippen LogP contribution in [0.25, 0.3) is 16.9 Å². The second-order valence-electron chi connectivity index (χ2n) is 8.61. The zero-order valence-electron chi connectivity index (χ0n) is 18.3. The molecule has 4 aromatic rings. The van der Waals surface area contributed by atoms with Crippen molar-refractivity contribution in [2.45, 2.75) is 38.6 Å². The van der Waals surface area contributed by atoms with E-state index in [4.69, 9.17) is 4.74 Å². The zero-order chi connectivity index (χ0) is 22.4. The molecule has 8 heteroatoms. The maximum Gasteiger partial charge on any atom is 0.249 e. The molecule has 1 saturated carbocycles. The number of aromatic nitrogens is 4. The molecule has 1 aromatic carbocycles. The maximum absolute atomic E-state index is 12.1. The van der Waals surface area contributed by atoms with E-state index < -0.39 is 0 Å². The highest BCUT2D eigenvalue weighted by atomic mass is 16.6. The van der Waals surface area contributed by atoms with Gasteiger partial charge in [0.25, 0.3) is 0 Å². The van der Waals surface area contributed by atoms with Gasteiger partial charge >= 0.3 is 0 Å². The van der Waals surface area contributed by atoms with Crippen LogP contribution in [0.4, 0.5) is 11.6 Å². The van der Waals surface area contributed by atoms with Crippen molar-refractivity contribution in [2.75, 3.05) is 10.2 Å². The van der Waals surface area contributed by atoms with Crippen molar-refractivity contribution in [3.05, 3.63) is 72.6 Å². The Morgan fingerprint density at radius 3 is 2.64 bits per heavy atom. The van der Waals surface area contributed by atoms with E-state index in [0.717, 1.165) is 35.5 Å². The number of nitrogens with one attached hydrogen (secondary N) is 1. The lowest BCUT2D eigenvalue weighted by Gasteiger charge is -2.23.